The van der Waals surface area contributed by atoms with Crippen LogP contribution in [-0.4, -0.2) is 52.1 Å². The van der Waals surface area contributed by atoms with Crippen LogP contribution in [0.4, 0.5) is 0 Å². The molecule has 3 saturated heterocycles. The van der Waals surface area contributed by atoms with Crippen LogP contribution in [-0.2, 0) is 0 Å². The molecule has 3 aliphatic heterocycles. The second-order valence-corrected chi connectivity index (χ2v) is 9.88. The molecule has 5 rings (SSSR count). The van der Waals surface area contributed by atoms with Gasteiger partial charge in [-0.2, -0.15) is 0 Å². The van der Waals surface area contributed by atoms with Gasteiger partial charge in [0, 0.05) is 60.3 Å². The third kappa shape index (κ3) is 5.15. The number of hydrogen-bond acceptors (Lipinski definition) is 5. The van der Waals surface area contributed by atoms with Gasteiger partial charge in [-0.25, -0.2) is 9.97 Å². The van der Waals surface area contributed by atoms with Crippen molar-refractivity contribution in [3.8, 4) is 11.4 Å². The Balaban J connectivity index is 1.58. The maximum Gasteiger partial charge on any atom is 0.159 e. The molecule has 0 aliphatic carbocycles. The van der Waals surface area contributed by atoms with E-state index in [1.807, 2.05) is 24.5 Å². The van der Waals surface area contributed by atoms with Gasteiger partial charge >= 0.3 is 0 Å². The first kappa shape index (κ1) is 22.3. The molecule has 0 amide bonds. The Kier molecular flexibility index (Phi) is 7.34. The van der Waals surface area contributed by atoms with Crippen molar-refractivity contribution in [1.82, 2.24) is 25.2 Å². The van der Waals surface area contributed by atoms with E-state index in [-0.39, 0.29) is 0 Å². The van der Waals surface area contributed by atoms with Crippen LogP contribution in [0.25, 0.3) is 11.4 Å². The summed E-state index contributed by atoms with van der Waals surface area (Å²) in [5.74, 6) is 3.32. The fourth-order valence-corrected chi connectivity index (χ4v) is 5.45. The van der Waals surface area contributed by atoms with E-state index >= 15 is 0 Å². The molecule has 2 bridgehead atoms. The minimum absolute atomic E-state index is 0.497. The van der Waals surface area contributed by atoms with Crippen LogP contribution in [0, 0.1) is 11.8 Å². The van der Waals surface area contributed by atoms with E-state index in [0.717, 1.165) is 49.8 Å². The van der Waals surface area contributed by atoms with Crippen LogP contribution in [0.2, 0.25) is 0 Å². The molecule has 0 spiro atoms. The van der Waals surface area contributed by atoms with Gasteiger partial charge in [0.05, 0.1) is 0 Å². The molecular formula is C26H39N5. The number of pyridine rings is 1. The molecule has 0 aromatic carbocycles. The van der Waals surface area contributed by atoms with E-state index in [1.165, 1.54) is 30.8 Å². The van der Waals surface area contributed by atoms with Gasteiger partial charge in [-0.1, -0.05) is 27.7 Å². The lowest BCUT2D eigenvalue weighted by atomic mass is 9.74. The minimum Gasteiger partial charge on any atom is -0.315 e. The quantitative estimate of drug-likeness (QED) is 0.626. The number of hydrogen-bond donors (Lipinski definition) is 1. The average molecular weight is 422 g/mol. The largest absolute Gasteiger partial charge is 0.315 e. The third-order valence-electron chi connectivity index (χ3n) is 7.30. The van der Waals surface area contributed by atoms with Gasteiger partial charge in [-0.15, -0.1) is 0 Å². The molecule has 168 valence electrons. The number of piperidine rings is 3. The topological polar surface area (TPSA) is 53.9 Å². The van der Waals surface area contributed by atoms with Crippen molar-refractivity contribution in [2.45, 2.75) is 71.3 Å². The number of fused-ring (bicyclic) bond motifs is 3. The highest BCUT2D eigenvalue weighted by Crippen LogP contribution is 2.42. The zero-order chi connectivity index (χ0) is 21.8. The number of nitrogens with one attached hydrogen (secondary N) is 1. The number of nitrogens with zero attached hydrogens (tertiary/aromatic N) is 4. The second kappa shape index (κ2) is 10.2. The predicted octanol–water partition coefficient (Wildman–Crippen LogP) is 4.87. The lowest BCUT2D eigenvalue weighted by Crippen LogP contribution is -2.55. The smallest absolute Gasteiger partial charge is 0.159 e. The fourth-order valence-electron chi connectivity index (χ4n) is 5.45. The Labute approximate surface area is 188 Å². The van der Waals surface area contributed by atoms with Crippen molar-refractivity contribution in [3.05, 3.63) is 42.0 Å². The molecule has 5 heterocycles. The predicted molar refractivity (Wildman–Crippen MR) is 127 cm³/mol. The highest BCUT2D eigenvalue weighted by Gasteiger charge is 2.41. The zero-order valence-corrected chi connectivity index (χ0v) is 19.7. The summed E-state index contributed by atoms with van der Waals surface area (Å²) >= 11 is 0. The Bertz CT molecular complexity index is 833. The van der Waals surface area contributed by atoms with Crippen molar-refractivity contribution in [2.24, 2.45) is 11.8 Å². The summed E-state index contributed by atoms with van der Waals surface area (Å²) in [5, 5.41) is 3.69. The molecule has 5 nitrogen and oxygen atoms in total. The minimum atomic E-state index is 0.497. The van der Waals surface area contributed by atoms with Gasteiger partial charge < -0.3 is 5.32 Å². The lowest BCUT2D eigenvalue weighted by molar-refractivity contribution is 0.0291. The molecular weight excluding hydrogens is 382 g/mol. The highest BCUT2D eigenvalue weighted by molar-refractivity contribution is 5.54. The number of rotatable bonds is 9. The van der Waals surface area contributed by atoms with Crippen molar-refractivity contribution < 1.29 is 0 Å². The first-order valence-electron chi connectivity index (χ1n) is 12.3. The second-order valence-electron chi connectivity index (χ2n) is 9.88. The third-order valence-corrected chi connectivity index (χ3v) is 7.30. The maximum absolute atomic E-state index is 5.13. The van der Waals surface area contributed by atoms with Crippen molar-refractivity contribution in [2.75, 3.05) is 26.2 Å². The van der Waals surface area contributed by atoms with Crippen LogP contribution >= 0.6 is 0 Å². The van der Waals surface area contributed by atoms with E-state index in [1.54, 1.807) is 0 Å². The molecule has 1 unspecified atom stereocenters. The van der Waals surface area contributed by atoms with E-state index in [4.69, 9.17) is 9.97 Å². The molecule has 1 N–H and O–H groups in total. The van der Waals surface area contributed by atoms with Gasteiger partial charge in [0.2, 0.25) is 0 Å². The van der Waals surface area contributed by atoms with E-state index in [0.29, 0.717) is 23.8 Å². The molecule has 3 aliphatic rings. The van der Waals surface area contributed by atoms with Gasteiger partial charge in [0.1, 0.15) is 0 Å². The summed E-state index contributed by atoms with van der Waals surface area (Å²) in [7, 11) is 0. The monoisotopic (exact) mass is 421 g/mol. The standard InChI is InChI=1S/C26H39N5/c1-5-19(6-2)24-14-25(30-26(29-24)20-7-10-27-11-8-20)23-17-31-12-9-21(23)13-22(31)16-28-15-18(3)4/h7-8,10-11,14,18-19,21-23,28H,5-6,9,12-13,15-17H2,1-4H3/t21-,22+,23+/m0/s1. The summed E-state index contributed by atoms with van der Waals surface area (Å²) in [6, 6.07) is 7.07. The molecule has 5 heteroatoms. The lowest BCUT2D eigenvalue weighted by Gasteiger charge is -2.50. The van der Waals surface area contributed by atoms with Gasteiger partial charge in [-0.05, 0) is 68.8 Å². The van der Waals surface area contributed by atoms with Gasteiger partial charge in [0.25, 0.3) is 0 Å². The van der Waals surface area contributed by atoms with Crippen LogP contribution in [0.1, 0.15) is 76.6 Å². The summed E-state index contributed by atoms with van der Waals surface area (Å²) in [6.45, 7) is 13.7. The fraction of sp³-hybridized carbons (Fsp3) is 0.654. The molecule has 4 atom stereocenters. The van der Waals surface area contributed by atoms with Crippen LogP contribution in [0.15, 0.2) is 30.6 Å². The molecule has 31 heavy (non-hydrogen) atoms. The van der Waals surface area contributed by atoms with Crippen LogP contribution in [0.3, 0.4) is 0 Å². The van der Waals surface area contributed by atoms with Gasteiger partial charge in [-0.3, -0.25) is 9.88 Å². The Morgan fingerprint density at radius 2 is 1.90 bits per heavy atom. The van der Waals surface area contributed by atoms with E-state index in [2.05, 4.69) is 49.0 Å². The summed E-state index contributed by atoms with van der Waals surface area (Å²) in [5.41, 5.74) is 3.54. The van der Waals surface area contributed by atoms with Crippen molar-refractivity contribution >= 4 is 0 Å². The van der Waals surface area contributed by atoms with Crippen molar-refractivity contribution in [3.63, 3.8) is 0 Å². The summed E-state index contributed by atoms with van der Waals surface area (Å²) in [4.78, 5) is 17.0. The van der Waals surface area contributed by atoms with Crippen LogP contribution in [0.5, 0.6) is 0 Å². The number of aromatic nitrogens is 3. The molecule has 0 saturated carbocycles. The molecule has 0 radical (unpaired) electrons. The SMILES string of the molecule is CCC(CC)c1cc([C@@H]2CN3CC[C@H]2C[C@@H]3CNCC(C)C)nc(-c2ccncc2)n1. The Hall–Kier alpha value is -1.85. The van der Waals surface area contributed by atoms with Gasteiger partial charge in [0.15, 0.2) is 5.82 Å². The highest BCUT2D eigenvalue weighted by atomic mass is 15.2. The maximum atomic E-state index is 5.13. The van der Waals surface area contributed by atoms with E-state index in [9.17, 15) is 0 Å². The van der Waals surface area contributed by atoms with E-state index < -0.39 is 0 Å². The average Bonchev–Trinajstić information content (AvgIpc) is 2.80. The molecule has 2 aromatic heterocycles. The zero-order valence-electron chi connectivity index (χ0n) is 19.7. The Morgan fingerprint density at radius 1 is 1.13 bits per heavy atom. The summed E-state index contributed by atoms with van der Waals surface area (Å²) in [6.07, 6.45) is 8.49. The first-order valence-corrected chi connectivity index (χ1v) is 12.3. The first-order chi connectivity index (χ1) is 15.1. The summed E-state index contributed by atoms with van der Waals surface area (Å²) < 4.78 is 0. The van der Waals surface area contributed by atoms with Crippen LogP contribution < -0.4 is 5.32 Å². The Morgan fingerprint density at radius 3 is 2.55 bits per heavy atom. The molecule has 2 aromatic rings. The van der Waals surface area contributed by atoms with Crippen molar-refractivity contribution in [1.29, 1.82) is 0 Å². The normalized spacial score (nSPS) is 25.5. The molecule has 3 fully saturated rings.